The predicted molar refractivity (Wildman–Crippen MR) is 141 cm³/mol. The van der Waals surface area contributed by atoms with Crippen LogP contribution in [0.25, 0.3) is 11.1 Å². The molecule has 35 heavy (non-hydrogen) atoms. The number of carbonyl (C=O) groups is 1. The molecule has 1 N–H and O–H groups in total. The summed E-state index contributed by atoms with van der Waals surface area (Å²) in [6, 6.07) is 22.9. The Bertz CT molecular complexity index is 1190. The third-order valence-electron chi connectivity index (χ3n) is 7.17. The first-order valence-electron chi connectivity index (χ1n) is 12.8. The molecule has 5 rings (SSSR count). The van der Waals surface area contributed by atoms with Crippen LogP contribution in [-0.2, 0) is 6.42 Å². The standard InChI is InChI=1S/C31H33NO3/c33-26-14-9-24(10-15-26)29-18-13-23-7-3-4-8-28(23)30(29)31(34)25-11-16-27(17-12-25)35-22-21-32-19-5-1-2-6-20-32/h3-4,7-12,14-17,33H,1-2,5-6,13,18-22H2. The number of phenols is 1. The molecule has 1 aliphatic heterocycles. The van der Waals surface area contributed by atoms with Gasteiger partial charge in [0.25, 0.3) is 0 Å². The van der Waals surface area contributed by atoms with E-state index in [1.807, 2.05) is 54.6 Å². The monoisotopic (exact) mass is 467 g/mol. The van der Waals surface area contributed by atoms with Crippen LogP contribution in [0.4, 0.5) is 0 Å². The Hall–Kier alpha value is -3.37. The van der Waals surface area contributed by atoms with Crippen LogP contribution in [0.15, 0.2) is 72.8 Å². The first-order chi connectivity index (χ1) is 17.2. The van der Waals surface area contributed by atoms with E-state index < -0.39 is 0 Å². The second-order valence-corrected chi connectivity index (χ2v) is 9.52. The molecule has 0 amide bonds. The number of nitrogens with zero attached hydrogens (tertiary/aromatic N) is 1. The summed E-state index contributed by atoms with van der Waals surface area (Å²) in [5.41, 5.74) is 5.64. The smallest absolute Gasteiger partial charge is 0.193 e. The number of aromatic hydroxyl groups is 1. The minimum Gasteiger partial charge on any atom is -0.508 e. The number of aryl methyl sites for hydroxylation is 1. The van der Waals surface area contributed by atoms with Crippen LogP contribution in [-0.4, -0.2) is 42.0 Å². The number of benzene rings is 3. The first-order valence-corrected chi connectivity index (χ1v) is 12.8. The maximum absolute atomic E-state index is 13.8. The molecule has 180 valence electrons. The van der Waals surface area contributed by atoms with Crippen molar-refractivity contribution in [3.05, 3.63) is 95.1 Å². The summed E-state index contributed by atoms with van der Waals surface area (Å²) in [4.78, 5) is 16.3. The van der Waals surface area contributed by atoms with Gasteiger partial charge in [-0.2, -0.15) is 0 Å². The van der Waals surface area contributed by atoms with Gasteiger partial charge in [0.1, 0.15) is 18.1 Å². The maximum atomic E-state index is 13.8. The molecule has 0 unspecified atom stereocenters. The highest BCUT2D eigenvalue weighted by Gasteiger charge is 2.26. The van der Waals surface area contributed by atoms with Crippen LogP contribution in [0.1, 0.15) is 59.2 Å². The summed E-state index contributed by atoms with van der Waals surface area (Å²) in [6.45, 7) is 3.94. The van der Waals surface area contributed by atoms with Gasteiger partial charge >= 0.3 is 0 Å². The van der Waals surface area contributed by atoms with Gasteiger partial charge < -0.3 is 9.84 Å². The summed E-state index contributed by atoms with van der Waals surface area (Å²) in [7, 11) is 0. The minimum atomic E-state index is 0.0244. The summed E-state index contributed by atoms with van der Waals surface area (Å²) in [5.74, 6) is 1.05. The van der Waals surface area contributed by atoms with Gasteiger partial charge in [0, 0.05) is 17.7 Å². The number of hydrogen-bond acceptors (Lipinski definition) is 4. The van der Waals surface area contributed by atoms with Crippen molar-refractivity contribution in [3.63, 3.8) is 0 Å². The SMILES string of the molecule is O=C(C1=C(c2ccc(O)cc2)CCc2ccccc21)c1ccc(OCCN2CCCCCC2)cc1. The van der Waals surface area contributed by atoms with E-state index in [0.717, 1.165) is 60.5 Å². The van der Waals surface area contributed by atoms with Gasteiger partial charge in [0.15, 0.2) is 5.78 Å². The molecule has 0 saturated carbocycles. The Morgan fingerprint density at radius 1 is 0.829 bits per heavy atom. The molecule has 1 saturated heterocycles. The van der Waals surface area contributed by atoms with Gasteiger partial charge in [0.2, 0.25) is 0 Å². The number of fused-ring (bicyclic) bond motifs is 1. The fourth-order valence-electron chi connectivity index (χ4n) is 5.24. The third kappa shape index (κ3) is 5.49. The summed E-state index contributed by atoms with van der Waals surface area (Å²) >= 11 is 0. The molecule has 1 aliphatic carbocycles. The molecule has 3 aromatic rings. The Labute approximate surface area is 207 Å². The number of hydrogen-bond donors (Lipinski definition) is 1. The van der Waals surface area contributed by atoms with E-state index in [1.165, 1.54) is 31.2 Å². The van der Waals surface area contributed by atoms with Gasteiger partial charge in [-0.3, -0.25) is 9.69 Å². The van der Waals surface area contributed by atoms with Gasteiger partial charge in [0.05, 0.1) is 0 Å². The lowest BCUT2D eigenvalue weighted by atomic mass is 9.79. The van der Waals surface area contributed by atoms with Crippen LogP contribution in [0.2, 0.25) is 0 Å². The van der Waals surface area contributed by atoms with Crippen LogP contribution in [0.5, 0.6) is 11.5 Å². The molecule has 1 heterocycles. The van der Waals surface area contributed by atoms with Gasteiger partial charge in [-0.05, 0) is 97.4 Å². The second kappa shape index (κ2) is 10.9. The van der Waals surface area contributed by atoms with Gasteiger partial charge in [-0.25, -0.2) is 0 Å². The molecule has 0 radical (unpaired) electrons. The van der Waals surface area contributed by atoms with Crippen molar-refractivity contribution in [2.24, 2.45) is 0 Å². The fraction of sp³-hybridized carbons (Fsp3) is 0.323. The minimum absolute atomic E-state index is 0.0244. The van der Waals surface area contributed by atoms with E-state index in [-0.39, 0.29) is 11.5 Å². The van der Waals surface area contributed by atoms with Crippen molar-refractivity contribution in [1.29, 1.82) is 0 Å². The number of likely N-dealkylation sites (tertiary alicyclic amines) is 1. The molecular weight excluding hydrogens is 434 g/mol. The van der Waals surface area contributed by atoms with Gasteiger partial charge in [-0.15, -0.1) is 0 Å². The normalized spacial score (nSPS) is 16.5. The van der Waals surface area contributed by atoms with Crippen molar-refractivity contribution >= 4 is 16.9 Å². The highest BCUT2D eigenvalue weighted by atomic mass is 16.5. The van der Waals surface area contributed by atoms with Crippen molar-refractivity contribution in [2.45, 2.75) is 38.5 Å². The third-order valence-corrected chi connectivity index (χ3v) is 7.17. The van der Waals surface area contributed by atoms with Crippen LogP contribution in [0, 0.1) is 0 Å². The molecule has 4 nitrogen and oxygen atoms in total. The lowest BCUT2D eigenvalue weighted by molar-refractivity contribution is 0.105. The highest BCUT2D eigenvalue weighted by Crippen LogP contribution is 2.39. The number of phenolic OH excluding ortho intramolecular Hbond substituents is 1. The Morgan fingerprint density at radius 3 is 2.29 bits per heavy atom. The fourth-order valence-corrected chi connectivity index (χ4v) is 5.24. The molecule has 0 aromatic heterocycles. The molecule has 0 atom stereocenters. The van der Waals surface area contributed by atoms with Crippen LogP contribution < -0.4 is 4.74 Å². The molecule has 1 fully saturated rings. The molecule has 2 aliphatic rings. The quantitative estimate of drug-likeness (QED) is 0.409. The molecule has 0 spiro atoms. The van der Waals surface area contributed by atoms with Crippen molar-refractivity contribution < 1.29 is 14.6 Å². The Kier molecular flexibility index (Phi) is 7.29. The lowest BCUT2D eigenvalue weighted by Crippen LogP contribution is -2.29. The number of ether oxygens (including phenoxy) is 1. The van der Waals surface area contributed by atoms with E-state index in [4.69, 9.17) is 4.74 Å². The molecule has 3 aromatic carbocycles. The summed E-state index contributed by atoms with van der Waals surface area (Å²) < 4.78 is 6.00. The summed E-state index contributed by atoms with van der Waals surface area (Å²) in [6.07, 6.45) is 6.92. The van der Waals surface area contributed by atoms with E-state index in [1.54, 1.807) is 12.1 Å². The summed E-state index contributed by atoms with van der Waals surface area (Å²) in [5, 5.41) is 9.74. The second-order valence-electron chi connectivity index (χ2n) is 9.52. The topological polar surface area (TPSA) is 49.8 Å². The average molecular weight is 468 g/mol. The molecule has 0 bridgehead atoms. The van der Waals surface area contributed by atoms with Crippen molar-refractivity contribution in [3.8, 4) is 11.5 Å². The largest absolute Gasteiger partial charge is 0.508 e. The van der Waals surface area contributed by atoms with Crippen LogP contribution >= 0.6 is 0 Å². The number of Topliss-reactive ketones (excluding diaryl/α,β-unsaturated/α-hetero) is 1. The lowest BCUT2D eigenvalue weighted by Gasteiger charge is -2.23. The average Bonchev–Trinajstić information content (AvgIpc) is 3.17. The Balaban J connectivity index is 1.35. The highest BCUT2D eigenvalue weighted by molar-refractivity contribution is 6.35. The van der Waals surface area contributed by atoms with E-state index in [9.17, 15) is 9.90 Å². The number of ketones is 1. The Morgan fingerprint density at radius 2 is 1.54 bits per heavy atom. The van der Waals surface area contributed by atoms with Crippen molar-refractivity contribution in [2.75, 3.05) is 26.2 Å². The zero-order chi connectivity index (χ0) is 24.0. The first kappa shape index (κ1) is 23.4. The van der Waals surface area contributed by atoms with E-state index in [0.29, 0.717) is 12.2 Å². The number of allylic oxidation sites excluding steroid dienone is 2. The van der Waals surface area contributed by atoms with Gasteiger partial charge in [-0.1, -0.05) is 49.2 Å². The number of rotatable bonds is 7. The number of carbonyl (C=O) groups excluding carboxylic acids is 1. The predicted octanol–water partition coefficient (Wildman–Crippen LogP) is 6.39. The zero-order valence-corrected chi connectivity index (χ0v) is 20.2. The maximum Gasteiger partial charge on any atom is 0.193 e. The van der Waals surface area contributed by atoms with Crippen LogP contribution in [0.3, 0.4) is 0 Å². The van der Waals surface area contributed by atoms with E-state index in [2.05, 4.69) is 11.0 Å². The zero-order valence-electron chi connectivity index (χ0n) is 20.2. The molecular formula is C31H33NO3. The van der Waals surface area contributed by atoms with Crippen molar-refractivity contribution in [1.82, 2.24) is 4.90 Å². The molecule has 4 heteroatoms. The van der Waals surface area contributed by atoms with E-state index >= 15 is 0 Å².